The third kappa shape index (κ3) is 5.87. The highest BCUT2D eigenvalue weighted by Crippen LogP contribution is 2.11. The van der Waals surface area contributed by atoms with Gasteiger partial charge in [-0.3, -0.25) is 0 Å². The van der Waals surface area contributed by atoms with Gasteiger partial charge in [0.1, 0.15) is 0 Å². The monoisotopic (exact) mass is 461 g/mol. The summed E-state index contributed by atoms with van der Waals surface area (Å²) in [6.07, 6.45) is 6.56. The summed E-state index contributed by atoms with van der Waals surface area (Å²) in [6, 6.07) is 16.6. The molecule has 0 aliphatic rings. The zero-order valence-electron chi connectivity index (χ0n) is 14.8. The molecule has 3 rings (SSSR count). The normalized spacial score (nSPS) is 11.0. The Kier molecular flexibility index (Phi) is 7.65. The van der Waals surface area contributed by atoms with Gasteiger partial charge < -0.3 is 15.6 Å². The Labute approximate surface area is 171 Å². The zero-order valence-corrected chi connectivity index (χ0v) is 17.1. The molecule has 2 aromatic carbocycles. The van der Waals surface area contributed by atoms with Crippen molar-refractivity contribution in [3.63, 3.8) is 0 Å². The number of imidazole rings is 1. The molecule has 6 heteroatoms. The first-order valence-electron chi connectivity index (χ1n) is 8.42. The summed E-state index contributed by atoms with van der Waals surface area (Å²) in [7, 11) is 0. The summed E-state index contributed by atoms with van der Waals surface area (Å²) in [5.74, 6) is 0.427. The average molecular weight is 461 g/mol. The number of hydrogen-bond acceptors (Lipinski definition) is 2. The number of benzene rings is 2. The standard InChI is InChI=1S/C20H23N5.HI/c1-2-16-4-3-5-19(12-16)24-20(21)23-13-17-6-8-18(9-7-17)14-25-11-10-22-15-25;/h3-12,15H,2,13-14H2,1H3,(H3,21,23,24);1H. The number of guanidine groups is 1. The quantitative estimate of drug-likeness (QED) is 0.331. The van der Waals surface area contributed by atoms with Gasteiger partial charge in [-0.15, -0.1) is 24.0 Å². The van der Waals surface area contributed by atoms with Crippen LogP contribution in [0.5, 0.6) is 0 Å². The lowest BCUT2D eigenvalue weighted by atomic mass is 10.1. The van der Waals surface area contributed by atoms with E-state index in [1.165, 1.54) is 11.1 Å². The van der Waals surface area contributed by atoms with Crippen LogP contribution < -0.4 is 11.1 Å². The highest BCUT2D eigenvalue weighted by atomic mass is 127. The van der Waals surface area contributed by atoms with Crippen molar-refractivity contribution in [1.29, 1.82) is 0 Å². The SMILES string of the molecule is CCc1cccc(NC(N)=NCc2ccc(Cn3ccnc3)cc2)c1.I. The van der Waals surface area contributed by atoms with Gasteiger partial charge in [-0.25, -0.2) is 9.98 Å². The van der Waals surface area contributed by atoms with Crippen LogP contribution >= 0.6 is 24.0 Å². The number of nitrogens with zero attached hydrogens (tertiary/aromatic N) is 3. The van der Waals surface area contributed by atoms with E-state index in [-0.39, 0.29) is 24.0 Å². The first-order valence-corrected chi connectivity index (χ1v) is 8.42. The molecule has 0 saturated heterocycles. The smallest absolute Gasteiger partial charge is 0.193 e. The van der Waals surface area contributed by atoms with E-state index in [1.54, 1.807) is 6.20 Å². The van der Waals surface area contributed by atoms with Crippen molar-refractivity contribution >= 4 is 35.6 Å². The number of rotatable bonds is 6. The van der Waals surface area contributed by atoms with Crippen molar-refractivity contribution in [1.82, 2.24) is 9.55 Å². The van der Waals surface area contributed by atoms with Crippen LogP contribution in [0, 0.1) is 0 Å². The van der Waals surface area contributed by atoms with E-state index in [0.717, 1.165) is 24.2 Å². The van der Waals surface area contributed by atoms with Crippen LogP contribution in [0.15, 0.2) is 72.2 Å². The first kappa shape index (κ1) is 20.0. The molecule has 0 atom stereocenters. The van der Waals surface area contributed by atoms with Crippen LogP contribution in [0.25, 0.3) is 0 Å². The topological polar surface area (TPSA) is 68.2 Å². The maximum Gasteiger partial charge on any atom is 0.193 e. The second-order valence-corrected chi connectivity index (χ2v) is 5.93. The van der Waals surface area contributed by atoms with Gasteiger partial charge in [-0.2, -0.15) is 0 Å². The van der Waals surface area contributed by atoms with E-state index in [2.05, 4.69) is 58.6 Å². The van der Waals surface area contributed by atoms with Crippen LogP contribution in [-0.4, -0.2) is 15.5 Å². The molecular weight excluding hydrogens is 437 g/mol. The summed E-state index contributed by atoms with van der Waals surface area (Å²) >= 11 is 0. The predicted molar refractivity (Wildman–Crippen MR) is 118 cm³/mol. The third-order valence-corrected chi connectivity index (χ3v) is 3.99. The minimum absolute atomic E-state index is 0. The second-order valence-electron chi connectivity index (χ2n) is 5.93. The Bertz CT molecular complexity index is 826. The molecule has 3 N–H and O–H groups in total. The van der Waals surface area contributed by atoms with Crippen LogP contribution in [0.4, 0.5) is 5.69 Å². The number of hydrogen-bond donors (Lipinski definition) is 2. The van der Waals surface area contributed by atoms with Crippen molar-refractivity contribution in [3.05, 3.63) is 83.9 Å². The highest BCUT2D eigenvalue weighted by molar-refractivity contribution is 14.0. The summed E-state index contributed by atoms with van der Waals surface area (Å²) in [6.45, 7) is 3.51. The van der Waals surface area contributed by atoms with Gasteiger partial charge in [-0.05, 0) is 35.2 Å². The number of aryl methyl sites for hydroxylation is 1. The molecule has 0 fully saturated rings. The van der Waals surface area contributed by atoms with Gasteiger partial charge in [-0.1, -0.05) is 43.3 Å². The molecule has 0 radical (unpaired) electrons. The summed E-state index contributed by atoms with van der Waals surface area (Å²) in [5.41, 5.74) is 10.6. The van der Waals surface area contributed by atoms with E-state index in [0.29, 0.717) is 12.5 Å². The summed E-state index contributed by atoms with van der Waals surface area (Å²) in [5, 5.41) is 3.15. The van der Waals surface area contributed by atoms with E-state index < -0.39 is 0 Å². The third-order valence-electron chi connectivity index (χ3n) is 3.99. The molecule has 0 aliphatic heterocycles. The van der Waals surface area contributed by atoms with Crippen molar-refractivity contribution < 1.29 is 0 Å². The Hall–Kier alpha value is -2.35. The lowest BCUT2D eigenvalue weighted by molar-refractivity contribution is 0.796. The zero-order chi connectivity index (χ0) is 17.5. The molecule has 5 nitrogen and oxygen atoms in total. The van der Waals surface area contributed by atoms with Crippen LogP contribution in [-0.2, 0) is 19.5 Å². The predicted octanol–water partition coefficient (Wildman–Crippen LogP) is 4.04. The molecular formula is C20H24IN5. The molecule has 0 amide bonds. The van der Waals surface area contributed by atoms with Crippen molar-refractivity contribution in [3.8, 4) is 0 Å². The van der Waals surface area contributed by atoms with Gasteiger partial charge in [0.05, 0.1) is 12.9 Å². The van der Waals surface area contributed by atoms with Crippen LogP contribution in [0.2, 0.25) is 0 Å². The Morgan fingerprint density at radius 3 is 2.58 bits per heavy atom. The van der Waals surface area contributed by atoms with Gasteiger partial charge in [0, 0.05) is 24.6 Å². The number of nitrogens with one attached hydrogen (secondary N) is 1. The Balaban J connectivity index is 0.00000243. The number of halogens is 1. The van der Waals surface area contributed by atoms with Gasteiger partial charge >= 0.3 is 0 Å². The van der Waals surface area contributed by atoms with Crippen molar-refractivity contribution in [2.75, 3.05) is 5.32 Å². The molecule has 0 spiro atoms. The van der Waals surface area contributed by atoms with Crippen molar-refractivity contribution in [2.45, 2.75) is 26.4 Å². The molecule has 0 unspecified atom stereocenters. The summed E-state index contributed by atoms with van der Waals surface area (Å²) in [4.78, 5) is 8.47. The number of anilines is 1. The maximum atomic E-state index is 5.99. The van der Waals surface area contributed by atoms with E-state index in [1.807, 2.05) is 29.2 Å². The fourth-order valence-electron chi connectivity index (χ4n) is 2.57. The molecule has 0 aliphatic carbocycles. The largest absolute Gasteiger partial charge is 0.370 e. The fourth-order valence-corrected chi connectivity index (χ4v) is 2.57. The van der Waals surface area contributed by atoms with Gasteiger partial charge in [0.15, 0.2) is 5.96 Å². The van der Waals surface area contributed by atoms with E-state index in [9.17, 15) is 0 Å². The van der Waals surface area contributed by atoms with Gasteiger partial charge in [0.2, 0.25) is 0 Å². The average Bonchev–Trinajstić information content (AvgIpc) is 3.14. The minimum Gasteiger partial charge on any atom is -0.370 e. The molecule has 26 heavy (non-hydrogen) atoms. The second kappa shape index (κ2) is 9.96. The Morgan fingerprint density at radius 1 is 1.12 bits per heavy atom. The summed E-state index contributed by atoms with van der Waals surface area (Å²) < 4.78 is 2.04. The minimum atomic E-state index is 0. The molecule has 3 aromatic rings. The Morgan fingerprint density at radius 2 is 1.88 bits per heavy atom. The number of nitrogens with two attached hydrogens (primary N) is 1. The molecule has 1 heterocycles. The fraction of sp³-hybridized carbons (Fsp3) is 0.200. The molecule has 0 bridgehead atoms. The molecule has 136 valence electrons. The molecule has 0 saturated carbocycles. The van der Waals surface area contributed by atoms with Crippen molar-refractivity contribution in [2.24, 2.45) is 10.7 Å². The van der Waals surface area contributed by atoms with E-state index in [4.69, 9.17) is 5.73 Å². The van der Waals surface area contributed by atoms with Gasteiger partial charge in [0.25, 0.3) is 0 Å². The lowest BCUT2D eigenvalue weighted by Gasteiger charge is -2.07. The van der Waals surface area contributed by atoms with Crippen LogP contribution in [0.1, 0.15) is 23.6 Å². The first-order chi connectivity index (χ1) is 12.2. The molecule has 1 aromatic heterocycles. The van der Waals surface area contributed by atoms with E-state index >= 15 is 0 Å². The lowest BCUT2D eigenvalue weighted by Crippen LogP contribution is -2.22. The number of aliphatic imine (C=N–C) groups is 1. The highest BCUT2D eigenvalue weighted by Gasteiger charge is 1.99. The maximum absolute atomic E-state index is 5.99. The number of aromatic nitrogens is 2. The van der Waals surface area contributed by atoms with Crippen LogP contribution in [0.3, 0.4) is 0 Å².